The molecule has 24 heavy (non-hydrogen) atoms. The van der Waals surface area contributed by atoms with Crippen LogP contribution in [0.4, 0.5) is 0 Å². The molecule has 0 amide bonds. The quantitative estimate of drug-likeness (QED) is 0.289. The number of aliphatic imine (C=N–C) groups is 1. The van der Waals surface area contributed by atoms with Gasteiger partial charge in [0.2, 0.25) is 0 Å². The van der Waals surface area contributed by atoms with E-state index in [-0.39, 0.29) is 30.6 Å². The highest BCUT2D eigenvalue weighted by Gasteiger charge is 2.06. The minimum atomic E-state index is 0. The molecule has 1 rings (SSSR count). The summed E-state index contributed by atoms with van der Waals surface area (Å²) in [7, 11) is 0. The molecule has 138 valence electrons. The molecule has 7 heteroatoms. The second-order valence-corrected chi connectivity index (χ2v) is 4.81. The van der Waals surface area contributed by atoms with E-state index in [1.54, 1.807) is 0 Å². The van der Waals surface area contributed by atoms with Gasteiger partial charge in [0.15, 0.2) is 17.5 Å². The Labute approximate surface area is 162 Å². The molecule has 3 N–H and O–H groups in total. The summed E-state index contributed by atoms with van der Waals surface area (Å²) in [6, 6.07) is 6.02. The van der Waals surface area contributed by atoms with Crippen LogP contribution < -0.4 is 20.1 Å². The fourth-order valence-corrected chi connectivity index (χ4v) is 2.08. The molecule has 0 fully saturated rings. The molecule has 1 aromatic rings. The summed E-state index contributed by atoms with van der Waals surface area (Å²) in [6.45, 7) is 9.14. The zero-order valence-electron chi connectivity index (χ0n) is 14.8. The molecule has 0 heterocycles. The SMILES string of the molecule is CCNC(=NCCO)NCCc1ccc(OCC)c(OCC)c1.I. The van der Waals surface area contributed by atoms with Crippen LogP contribution in [0, 0.1) is 0 Å². The number of benzene rings is 1. The maximum atomic E-state index is 8.85. The van der Waals surface area contributed by atoms with Crippen LogP contribution in [0.2, 0.25) is 0 Å². The number of halogens is 1. The Hall–Kier alpha value is -1.22. The Kier molecular flexibility index (Phi) is 13.4. The van der Waals surface area contributed by atoms with E-state index in [1.165, 1.54) is 5.56 Å². The van der Waals surface area contributed by atoms with Gasteiger partial charge < -0.3 is 25.2 Å². The number of aliphatic hydroxyl groups is 1. The van der Waals surface area contributed by atoms with Gasteiger partial charge in [0, 0.05) is 13.1 Å². The average molecular weight is 451 g/mol. The maximum Gasteiger partial charge on any atom is 0.191 e. The van der Waals surface area contributed by atoms with Gasteiger partial charge in [-0.05, 0) is 44.9 Å². The van der Waals surface area contributed by atoms with Crippen LogP contribution in [-0.2, 0) is 6.42 Å². The molecular weight excluding hydrogens is 421 g/mol. The average Bonchev–Trinajstić information content (AvgIpc) is 2.55. The molecule has 0 spiro atoms. The van der Waals surface area contributed by atoms with E-state index in [0.29, 0.717) is 19.8 Å². The van der Waals surface area contributed by atoms with Gasteiger partial charge in [0.05, 0.1) is 26.4 Å². The first-order chi connectivity index (χ1) is 11.2. The van der Waals surface area contributed by atoms with Gasteiger partial charge in [0.1, 0.15) is 0 Å². The Morgan fingerprint density at radius 2 is 1.79 bits per heavy atom. The molecular formula is C17H30IN3O3. The Morgan fingerprint density at radius 3 is 2.42 bits per heavy atom. The van der Waals surface area contributed by atoms with Crippen LogP contribution in [0.25, 0.3) is 0 Å². The van der Waals surface area contributed by atoms with Crippen molar-refractivity contribution in [3.8, 4) is 11.5 Å². The van der Waals surface area contributed by atoms with Crippen LogP contribution in [0.1, 0.15) is 26.3 Å². The fraction of sp³-hybridized carbons (Fsp3) is 0.588. The van der Waals surface area contributed by atoms with E-state index >= 15 is 0 Å². The zero-order valence-corrected chi connectivity index (χ0v) is 17.1. The van der Waals surface area contributed by atoms with Crippen LogP contribution >= 0.6 is 24.0 Å². The van der Waals surface area contributed by atoms with E-state index in [4.69, 9.17) is 14.6 Å². The van der Waals surface area contributed by atoms with Gasteiger partial charge in [-0.15, -0.1) is 24.0 Å². The highest BCUT2D eigenvalue weighted by molar-refractivity contribution is 14.0. The van der Waals surface area contributed by atoms with Crippen molar-refractivity contribution in [2.75, 3.05) is 39.5 Å². The summed E-state index contributed by atoms with van der Waals surface area (Å²) < 4.78 is 11.2. The Morgan fingerprint density at radius 1 is 1.08 bits per heavy atom. The number of rotatable bonds is 10. The Balaban J connectivity index is 0.00000529. The predicted octanol–water partition coefficient (Wildman–Crippen LogP) is 2.19. The first-order valence-electron chi connectivity index (χ1n) is 8.26. The first-order valence-corrected chi connectivity index (χ1v) is 8.26. The van der Waals surface area contributed by atoms with Crippen molar-refractivity contribution in [1.82, 2.24) is 10.6 Å². The molecule has 1 aromatic carbocycles. The number of nitrogens with zero attached hydrogens (tertiary/aromatic N) is 1. The lowest BCUT2D eigenvalue weighted by Crippen LogP contribution is -2.38. The highest BCUT2D eigenvalue weighted by Crippen LogP contribution is 2.28. The summed E-state index contributed by atoms with van der Waals surface area (Å²) in [5.41, 5.74) is 1.17. The lowest BCUT2D eigenvalue weighted by molar-refractivity contribution is 0.287. The first kappa shape index (κ1) is 22.8. The minimum Gasteiger partial charge on any atom is -0.490 e. The van der Waals surface area contributed by atoms with Gasteiger partial charge in [-0.2, -0.15) is 0 Å². The standard InChI is InChI=1S/C17H29N3O3.HI/c1-4-18-17(20-11-12-21)19-10-9-14-7-8-15(22-5-2)16(13-14)23-6-3;/h7-8,13,21H,4-6,9-12H2,1-3H3,(H2,18,19,20);1H. The molecule has 0 saturated carbocycles. The lowest BCUT2D eigenvalue weighted by Gasteiger charge is -2.14. The Bertz CT molecular complexity index is 484. The van der Waals surface area contributed by atoms with Crippen molar-refractivity contribution >= 4 is 29.9 Å². The fourth-order valence-electron chi connectivity index (χ4n) is 2.08. The molecule has 0 radical (unpaired) electrons. The summed E-state index contributed by atoms with van der Waals surface area (Å²) in [4.78, 5) is 4.25. The maximum absolute atomic E-state index is 8.85. The molecule has 0 aromatic heterocycles. The number of nitrogens with one attached hydrogen (secondary N) is 2. The number of hydrogen-bond donors (Lipinski definition) is 3. The van der Waals surface area contributed by atoms with Crippen molar-refractivity contribution in [1.29, 1.82) is 0 Å². The van der Waals surface area contributed by atoms with Crippen molar-refractivity contribution in [2.45, 2.75) is 27.2 Å². The third-order valence-electron chi connectivity index (χ3n) is 3.03. The van der Waals surface area contributed by atoms with E-state index in [0.717, 1.165) is 37.0 Å². The van der Waals surface area contributed by atoms with Gasteiger partial charge in [-0.1, -0.05) is 6.07 Å². The largest absolute Gasteiger partial charge is 0.490 e. The number of hydrogen-bond acceptors (Lipinski definition) is 4. The van der Waals surface area contributed by atoms with E-state index in [9.17, 15) is 0 Å². The van der Waals surface area contributed by atoms with Crippen molar-refractivity contribution < 1.29 is 14.6 Å². The number of aliphatic hydroxyl groups excluding tert-OH is 1. The number of guanidine groups is 1. The molecule has 6 nitrogen and oxygen atoms in total. The van der Waals surface area contributed by atoms with E-state index in [2.05, 4.69) is 15.6 Å². The topological polar surface area (TPSA) is 75.1 Å². The number of ether oxygens (including phenoxy) is 2. The lowest BCUT2D eigenvalue weighted by atomic mass is 10.1. The smallest absolute Gasteiger partial charge is 0.191 e. The van der Waals surface area contributed by atoms with E-state index in [1.807, 2.05) is 39.0 Å². The van der Waals surface area contributed by atoms with Crippen LogP contribution in [0.3, 0.4) is 0 Å². The van der Waals surface area contributed by atoms with Crippen molar-refractivity contribution in [3.63, 3.8) is 0 Å². The zero-order chi connectivity index (χ0) is 16.9. The van der Waals surface area contributed by atoms with Gasteiger partial charge >= 0.3 is 0 Å². The molecule has 0 aliphatic heterocycles. The molecule has 0 aliphatic carbocycles. The molecule has 0 unspecified atom stereocenters. The normalized spacial score (nSPS) is 10.8. The molecule has 0 atom stereocenters. The predicted molar refractivity (Wildman–Crippen MR) is 109 cm³/mol. The molecule has 0 saturated heterocycles. The van der Waals surface area contributed by atoms with Gasteiger partial charge in [0.25, 0.3) is 0 Å². The second kappa shape index (κ2) is 14.2. The summed E-state index contributed by atoms with van der Waals surface area (Å²) in [5, 5.41) is 15.2. The van der Waals surface area contributed by atoms with Crippen LogP contribution in [0.15, 0.2) is 23.2 Å². The third kappa shape index (κ3) is 8.58. The molecule has 0 aliphatic rings. The minimum absolute atomic E-state index is 0. The second-order valence-electron chi connectivity index (χ2n) is 4.81. The van der Waals surface area contributed by atoms with Crippen molar-refractivity contribution in [2.24, 2.45) is 4.99 Å². The van der Waals surface area contributed by atoms with Crippen molar-refractivity contribution in [3.05, 3.63) is 23.8 Å². The van der Waals surface area contributed by atoms with Crippen LogP contribution in [0.5, 0.6) is 11.5 Å². The molecule has 0 bridgehead atoms. The highest BCUT2D eigenvalue weighted by atomic mass is 127. The van der Waals surface area contributed by atoms with Crippen LogP contribution in [-0.4, -0.2) is 50.5 Å². The summed E-state index contributed by atoms with van der Waals surface area (Å²) in [6.07, 6.45) is 0.843. The monoisotopic (exact) mass is 451 g/mol. The van der Waals surface area contributed by atoms with Gasteiger partial charge in [-0.3, -0.25) is 4.99 Å². The summed E-state index contributed by atoms with van der Waals surface area (Å²) in [5.74, 6) is 2.29. The van der Waals surface area contributed by atoms with E-state index < -0.39 is 0 Å². The van der Waals surface area contributed by atoms with Gasteiger partial charge in [-0.25, -0.2) is 0 Å². The third-order valence-corrected chi connectivity index (χ3v) is 3.03. The summed E-state index contributed by atoms with van der Waals surface area (Å²) >= 11 is 0.